The van der Waals surface area contributed by atoms with E-state index < -0.39 is 0 Å². The van der Waals surface area contributed by atoms with Gasteiger partial charge in [0.05, 0.1) is 7.05 Å². The van der Waals surface area contributed by atoms with Crippen molar-refractivity contribution in [1.29, 1.82) is 0 Å². The third kappa shape index (κ3) is 1.99. The van der Waals surface area contributed by atoms with E-state index in [9.17, 15) is 0 Å². The van der Waals surface area contributed by atoms with Crippen LogP contribution in [0.4, 0.5) is 0 Å². The number of aromatic nitrogens is 4. The maximum atomic E-state index is 4.91. The molecule has 0 N–H and O–H groups in total. The largest absolute Gasteiger partial charge is 0.292 e. The van der Waals surface area contributed by atoms with E-state index in [1.807, 2.05) is 29.1 Å². The average Bonchev–Trinajstić information content (AvgIpc) is 3.35. The number of aryl methyl sites for hydroxylation is 2. The summed E-state index contributed by atoms with van der Waals surface area (Å²) < 4.78 is 6.83. The topological polar surface area (TPSA) is 34.1 Å². The van der Waals surface area contributed by atoms with Crippen LogP contribution < -0.4 is 4.57 Å². The van der Waals surface area contributed by atoms with Crippen molar-refractivity contribution in [1.82, 2.24) is 13.8 Å². The first kappa shape index (κ1) is 15.2. The number of hydrogen-bond acceptors (Lipinski definition) is 4. The number of rotatable bonds is 1. The van der Waals surface area contributed by atoms with E-state index in [2.05, 4.69) is 63.7 Å². The molecular weight excluding hydrogens is 372 g/mol. The highest BCUT2D eigenvalue weighted by Gasteiger charge is 2.25. The van der Waals surface area contributed by atoms with Gasteiger partial charge in [-0.15, -0.1) is 11.3 Å². The van der Waals surface area contributed by atoms with Crippen molar-refractivity contribution in [3.05, 3.63) is 59.7 Å². The van der Waals surface area contributed by atoms with E-state index in [4.69, 9.17) is 4.98 Å². The fraction of sp³-hybridized carbons (Fsp3) is 0.0952. The summed E-state index contributed by atoms with van der Waals surface area (Å²) in [6.45, 7) is 2.18. The lowest BCUT2D eigenvalue weighted by Gasteiger charge is -2.08. The van der Waals surface area contributed by atoms with Crippen LogP contribution in [-0.2, 0) is 7.05 Å². The van der Waals surface area contributed by atoms with Crippen LogP contribution >= 0.6 is 22.9 Å². The SMILES string of the molecule is Cc1ccc2c(sc3ccccc32)c1-c1c2nc3ccsn3c2nc[n+]1C. The summed E-state index contributed by atoms with van der Waals surface area (Å²) in [7, 11) is 2.06. The van der Waals surface area contributed by atoms with Crippen LogP contribution in [0.1, 0.15) is 5.56 Å². The van der Waals surface area contributed by atoms with Crippen molar-refractivity contribution < 1.29 is 4.57 Å². The van der Waals surface area contributed by atoms with Gasteiger partial charge in [-0.25, -0.2) is 13.3 Å². The molecule has 0 spiro atoms. The van der Waals surface area contributed by atoms with Gasteiger partial charge in [0, 0.05) is 31.1 Å². The Balaban J connectivity index is 1.82. The Kier molecular flexibility index (Phi) is 3.02. The maximum Gasteiger partial charge on any atom is 0.292 e. The minimum Gasteiger partial charge on any atom is -0.230 e. The molecule has 4 aromatic heterocycles. The second-order valence-electron chi connectivity index (χ2n) is 6.78. The molecule has 0 aliphatic heterocycles. The summed E-state index contributed by atoms with van der Waals surface area (Å²) in [6.07, 6.45) is 1.90. The molecule has 0 unspecified atom stereocenters. The number of imidazole rings is 1. The molecular formula is C21H15N4S2+. The van der Waals surface area contributed by atoms with Gasteiger partial charge in [0.15, 0.2) is 16.9 Å². The van der Waals surface area contributed by atoms with E-state index in [-0.39, 0.29) is 0 Å². The molecule has 0 amide bonds. The van der Waals surface area contributed by atoms with E-state index in [0.29, 0.717) is 0 Å². The second-order valence-corrected chi connectivity index (χ2v) is 8.68. The zero-order valence-electron chi connectivity index (χ0n) is 14.8. The van der Waals surface area contributed by atoms with Crippen LogP contribution in [0.2, 0.25) is 0 Å². The third-order valence-corrected chi connectivity index (χ3v) is 7.18. The second kappa shape index (κ2) is 5.34. The van der Waals surface area contributed by atoms with Crippen LogP contribution in [0.15, 0.2) is 54.2 Å². The molecule has 0 saturated heterocycles. The lowest BCUT2D eigenvalue weighted by molar-refractivity contribution is -0.662. The number of benzene rings is 2. The van der Waals surface area contributed by atoms with Crippen molar-refractivity contribution >= 4 is 59.9 Å². The monoisotopic (exact) mass is 387 g/mol. The fourth-order valence-electron chi connectivity index (χ4n) is 3.89. The number of thiophene rings is 1. The van der Waals surface area contributed by atoms with Crippen molar-refractivity contribution in [2.45, 2.75) is 6.92 Å². The zero-order valence-corrected chi connectivity index (χ0v) is 16.4. The maximum absolute atomic E-state index is 4.91. The predicted octanol–water partition coefficient (Wildman–Crippen LogP) is 5.11. The fourth-order valence-corrected chi connectivity index (χ4v) is 5.94. The molecule has 6 rings (SSSR count). The Morgan fingerprint density at radius 1 is 1.04 bits per heavy atom. The Bertz CT molecular complexity index is 1500. The Morgan fingerprint density at radius 3 is 2.85 bits per heavy atom. The molecule has 2 aromatic carbocycles. The van der Waals surface area contributed by atoms with Crippen LogP contribution in [-0.4, -0.2) is 13.8 Å². The summed E-state index contributed by atoms with van der Waals surface area (Å²) in [6, 6.07) is 15.2. The van der Waals surface area contributed by atoms with Crippen molar-refractivity contribution in [2.75, 3.05) is 0 Å². The number of hydrogen-bond donors (Lipinski definition) is 0. The molecule has 0 radical (unpaired) electrons. The molecule has 0 aliphatic rings. The first-order valence-corrected chi connectivity index (χ1v) is 10.4. The minimum absolute atomic E-state index is 0.922. The third-order valence-electron chi connectivity index (χ3n) is 5.14. The molecule has 4 heterocycles. The van der Waals surface area contributed by atoms with Crippen LogP contribution in [0.3, 0.4) is 0 Å². The van der Waals surface area contributed by atoms with Gasteiger partial charge >= 0.3 is 0 Å². The summed E-state index contributed by atoms with van der Waals surface area (Å²) >= 11 is 3.49. The first-order chi connectivity index (χ1) is 13.2. The van der Waals surface area contributed by atoms with Crippen LogP contribution in [0.5, 0.6) is 0 Å². The average molecular weight is 388 g/mol. The van der Waals surface area contributed by atoms with Crippen molar-refractivity contribution in [2.24, 2.45) is 7.05 Å². The molecule has 0 saturated carbocycles. The highest BCUT2D eigenvalue weighted by molar-refractivity contribution is 7.26. The summed E-state index contributed by atoms with van der Waals surface area (Å²) in [4.78, 5) is 9.57. The van der Waals surface area contributed by atoms with E-state index >= 15 is 0 Å². The number of fused-ring (bicyclic) bond motifs is 6. The molecule has 0 atom stereocenters. The standard InChI is InChI=1S/C21H15N4S2/c1-12-7-8-14-13-5-3-4-6-15(13)27-20(14)17(12)19-18-21(22-11-24(19)2)25-16(23-18)9-10-26-25/h3-11H,1-2H3/q+1. The van der Waals surface area contributed by atoms with E-state index in [0.717, 1.165) is 22.5 Å². The molecule has 0 fully saturated rings. The van der Waals surface area contributed by atoms with Crippen molar-refractivity contribution in [3.63, 3.8) is 0 Å². The van der Waals surface area contributed by atoms with Gasteiger partial charge in [-0.1, -0.05) is 41.9 Å². The molecule has 6 aromatic rings. The summed E-state index contributed by atoms with van der Waals surface area (Å²) in [5, 5.41) is 4.67. The van der Waals surface area contributed by atoms with Crippen LogP contribution in [0.25, 0.3) is 48.2 Å². The van der Waals surface area contributed by atoms with Crippen molar-refractivity contribution in [3.8, 4) is 11.3 Å². The van der Waals surface area contributed by atoms with Gasteiger partial charge in [0.25, 0.3) is 12.0 Å². The lowest BCUT2D eigenvalue weighted by Crippen LogP contribution is -2.32. The quantitative estimate of drug-likeness (QED) is 0.367. The van der Waals surface area contributed by atoms with E-state index in [1.165, 1.54) is 31.3 Å². The van der Waals surface area contributed by atoms with Gasteiger partial charge in [0.1, 0.15) is 0 Å². The van der Waals surface area contributed by atoms with Gasteiger partial charge in [-0.05, 0) is 29.6 Å². The molecule has 0 bridgehead atoms. The zero-order chi connectivity index (χ0) is 18.1. The van der Waals surface area contributed by atoms with Crippen LogP contribution in [0, 0.1) is 6.92 Å². The number of nitrogens with zero attached hydrogens (tertiary/aromatic N) is 4. The van der Waals surface area contributed by atoms with E-state index in [1.54, 1.807) is 11.5 Å². The predicted molar refractivity (Wildman–Crippen MR) is 113 cm³/mol. The summed E-state index contributed by atoms with van der Waals surface area (Å²) in [5.74, 6) is 0. The molecule has 27 heavy (non-hydrogen) atoms. The smallest absolute Gasteiger partial charge is 0.230 e. The lowest BCUT2D eigenvalue weighted by atomic mass is 10.0. The first-order valence-electron chi connectivity index (χ1n) is 8.74. The summed E-state index contributed by atoms with van der Waals surface area (Å²) in [5.41, 5.74) is 6.48. The highest BCUT2D eigenvalue weighted by atomic mass is 32.1. The molecule has 0 aliphatic carbocycles. The molecule has 6 heteroatoms. The minimum atomic E-state index is 0.922. The van der Waals surface area contributed by atoms with Gasteiger partial charge < -0.3 is 0 Å². The Hall–Kier alpha value is -2.83. The highest BCUT2D eigenvalue weighted by Crippen LogP contribution is 2.41. The van der Waals surface area contributed by atoms with Gasteiger partial charge in [0.2, 0.25) is 0 Å². The molecule has 130 valence electrons. The molecule has 4 nitrogen and oxygen atoms in total. The Labute approximate surface area is 163 Å². The Morgan fingerprint density at radius 2 is 1.93 bits per heavy atom. The normalized spacial score (nSPS) is 12.1. The van der Waals surface area contributed by atoms with Gasteiger partial charge in [-0.2, -0.15) is 0 Å². The van der Waals surface area contributed by atoms with Gasteiger partial charge in [-0.3, -0.25) is 0 Å².